The van der Waals surface area contributed by atoms with Gasteiger partial charge in [-0.25, -0.2) is 0 Å². The van der Waals surface area contributed by atoms with Crippen LogP contribution in [-0.2, 0) is 14.9 Å². The highest BCUT2D eigenvalue weighted by Gasteiger charge is 2.23. The average Bonchev–Trinajstić information content (AvgIpc) is 1.97. The van der Waals surface area contributed by atoms with E-state index in [4.69, 9.17) is 9.66 Å². The molecule has 0 spiro atoms. The van der Waals surface area contributed by atoms with Crippen molar-refractivity contribution >= 4 is 10.1 Å². The summed E-state index contributed by atoms with van der Waals surface area (Å²) in [5.74, 6) is 0. The second-order valence-corrected chi connectivity index (χ2v) is 3.67. The Morgan fingerprint density at radius 3 is 2.42 bits per heavy atom. The van der Waals surface area contributed by atoms with Gasteiger partial charge in [0.05, 0.1) is 0 Å². The van der Waals surface area contributed by atoms with E-state index in [9.17, 15) is 8.42 Å². The molecule has 72 valence electrons. The zero-order chi connectivity index (χ0) is 9.78. The van der Waals surface area contributed by atoms with Crippen molar-refractivity contribution in [2.75, 3.05) is 0 Å². The first kappa shape index (κ1) is 11.6. The van der Waals surface area contributed by atoms with Gasteiger partial charge in [-0.3, -0.25) is 4.55 Å². The van der Waals surface area contributed by atoms with Gasteiger partial charge in [-0.2, -0.15) is 8.42 Å². The van der Waals surface area contributed by atoms with Crippen molar-refractivity contribution in [2.24, 2.45) is 0 Å². The van der Waals surface area contributed by atoms with Gasteiger partial charge in [-0.05, 0) is 12.5 Å². The molecule has 5 nitrogen and oxygen atoms in total. The Morgan fingerprint density at radius 2 is 2.17 bits per heavy atom. The molecule has 12 heavy (non-hydrogen) atoms. The van der Waals surface area contributed by atoms with Gasteiger partial charge in [0.25, 0.3) is 10.1 Å². The van der Waals surface area contributed by atoms with Gasteiger partial charge in [0.15, 0.2) is 11.7 Å². The van der Waals surface area contributed by atoms with Crippen LogP contribution in [0.2, 0.25) is 0 Å². The Bertz CT molecular complexity index is 232. The molecule has 0 fully saturated rings. The van der Waals surface area contributed by atoms with Crippen LogP contribution >= 0.6 is 0 Å². The van der Waals surface area contributed by atoms with Crippen LogP contribution in [-0.4, -0.2) is 29.8 Å². The summed E-state index contributed by atoms with van der Waals surface area (Å²) in [6.07, 6.45) is -0.297. The Hall–Kier alpha value is -0.430. The zero-order valence-corrected chi connectivity index (χ0v) is 7.49. The van der Waals surface area contributed by atoms with E-state index >= 15 is 0 Å². The van der Waals surface area contributed by atoms with E-state index in [1.165, 1.54) is 6.92 Å². The normalized spacial score (nSPS) is 16.9. The molecule has 0 rings (SSSR count). The lowest BCUT2D eigenvalue weighted by Gasteiger charge is -2.14. The molecule has 6 heteroatoms. The third-order valence-corrected chi connectivity index (χ3v) is 2.27. The molecule has 0 amide bonds. The number of aliphatic hydroxyl groups excluding tert-OH is 1. The second-order valence-electron chi connectivity index (χ2n) is 2.12. The predicted octanol–water partition coefficient (Wildman–Crippen LogP) is 0.131. The van der Waals surface area contributed by atoms with Gasteiger partial charge in [0, 0.05) is 0 Å². The standard InChI is InChI=1S/C6H12O5S/c1-3-5(7)11-6(4-2)12(8,9)10/h3,5-7H,1,4H2,2H3,(H,8,9,10). The summed E-state index contributed by atoms with van der Waals surface area (Å²) < 4.78 is 34.0. The molecule has 2 atom stereocenters. The third-order valence-electron chi connectivity index (χ3n) is 1.16. The number of aliphatic hydroxyl groups is 1. The Morgan fingerprint density at radius 1 is 1.67 bits per heavy atom. The Balaban J connectivity index is 4.29. The number of hydrogen-bond donors (Lipinski definition) is 2. The van der Waals surface area contributed by atoms with Gasteiger partial charge >= 0.3 is 0 Å². The first-order valence-electron chi connectivity index (χ1n) is 3.34. The Kier molecular flexibility index (Phi) is 4.40. The maximum Gasteiger partial charge on any atom is 0.292 e. The maximum atomic E-state index is 10.5. The van der Waals surface area contributed by atoms with Gasteiger partial charge in [0.1, 0.15) is 0 Å². The minimum Gasteiger partial charge on any atom is -0.365 e. The van der Waals surface area contributed by atoms with Gasteiger partial charge in [0.2, 0.25) is 0 Å². The molecule has 0 aromatic carbocycles. The number of ether oxygens (including phenoxy) is 1. The first-order chi connectivity index (χ1) is 5.41. The SMILES string of the molecule is C=CC(O)OC(CC)S(=O)(=O)O. The fraction of sp³-hybridized carbons (Fsp3) is 0.667. The van der Waals surface area contributed by atoms with E-state index in [0.717, 1.165) is 6.08 Å². The van der Waals surface area contributed by atoms with Crippen molar-refractivity contribution in [3.8, 4) is 0 Å². The van der Waals surface area contributed by atoms with Gasteiger partial charge in [-0.1, -0.05) is 13.5 Å². The van der Waals surface area contributed by atoms with Crippen molar-refractivity contribution in [3.05, 3.63) is 12.7 Å². The summed E-state index contributed by atoms with van der Waals surface area (Å²) in [7, 11) is -4.25. The van der Waals surface area contributed by atoms with Crippen molar-refractivity contribution < 1.29 is 22.8 Å². The summed E-state index contributed by atoms with van der Waals surface area (Å²) in [6.45, 7) is 4.69. The lowest BCUT2D eigenvalue weighted by atomic mass is 10.5. The van der Waals surface area contributed by atoms with E-state index in [-0.39, 0.29) is 6.42 Å². The molecule has 0 aromatic heterocycles. The average molecular weight is 196 g/mol. The summed E-state index contributed by atoms with van der Waals surface area (Å²) >= 11 is 0. The van der Waals surface area contributed by atoms with E-state index in [1.807, 2.05) is 0 Å². The fourth-order valence-corrected chi connectivity index (χ4v) is 1.26. The monoisotopic (exact) mass is 196 g/mol. The van der Waals surface area contributed by atoms with E-state index in [1.54, 1.807) is 0 Å². The molecule has 0 saturated carbocycles. The van der Waals surface area contributed by atoms with Crippen LogP contribution in [0.3, 0.4) is 0 Å². The van der Waals surface area contributed by atoms with Gasteiger partial charge in [-0.15, -0.1) is 0 Å². The van der Waals surface area contributed by atoms with Crippen molar-refractivity contribution in [2.45, 2.75) is 25.1 Å². The quantitative estimate of drug-likeness (QED) is 0.371. The molecule has 0 aromatic rings. The van der Waals surface area contributed by atoms with Crippen molar-refractivity contribution in [1.29, 1.82) is 0 Å². The van der Waals surface area contributed by atoms with Crippen molar-refractivity contribution in [3.63, 3.8) is 0 Å². The minimum atomic E-state index is -4.25. The highest BCUT2D eigenvalue weighted by atomic mass is 32.2. The molecule has 2 unspecified atom stereocenters. The van der Waals surface area contributed by atoms with Crippen molar-refractivity contribution in [1.82, 2.24) is 0 Å². The number of hydrogen-bond acceptors (Lipinski definition) is 4. The lowest BCUT2D eigenvalue weighted by molar-refractivity contribution is -0.0808. The van der Waals surface area contributed by atoms with Crippen LogP contribution in [0.25, 0.3) is 0 Å². The van der Waals surface area contributed by atoms with Crippen LogP contribution in [0.1, 0.15) is 13.3 Å². The van der Waals surface area contributed by atoms with E-state index in [2.05, 4.69) is 11.3 Å². The lowest BCUT2D eigenvalue weighted by Crippen LogP contribution is -2.27. The summed E-state index contributed by atoms with van der Waals surface area (Å²) in [5.41, 5.74) is -1.40. The smallest absolute Gasteiger partial charge is 0.292 e. The molecule has 0 saturated heterocycles. The summed E-state index contributed by atoms with van der Waals surface area (Å²) in [5, 5.41) is 8.81. The summed E-state index contributed by atoms with van der Waals surface area (Å²) in [6, 6.07) is 0. The third kappa shape index (κ3) is 3.82. The predicted molar refractivity (Wildman–Crippen MR) is 42.9 cm³/mol. The van der Waals surface area contributed by atoms with Crippen LogP contribution in [0.5, 0.6) is 0 Å². The maximum absolute atomic E-state index is 10.5. The second kappa shape index (κ2) is 4.56. The first-order valence-corrected chi connectivity index (χ1v) is 4.84. The molecule has 0 aliphatic carbocycles. The van der Waals surface area contributed by atoms with E-state index < -0.39 is 21.8 Å². The molecule has 0 heterocycles. The summed E-state index contributed by atoms with van der Waals surface area (Å²) in [4.78, 5) is 0. The van der Waals surface area contributed by atoms with Crippen LogP contribution in [0.4, 0.5) is 0 Å². The molecule has 0 radical (unpaired) electrons. The van der Waals surface area contributed by atoms with Crippen LogP contribution in [0.15, 0.2) is 12.7 Å². The molecular formula is C6H12O5S. The molecule has 2 N–H and O–H groups in total. The molecule has 0 aliphatic heterocycles. The highest BCUT2D eigenvalue weighted by molar-refractivity contribution is 7.86. The number of rotatable bonds is 5. The zero-order valence-electron chi connectivity index (χ0n) is 6.67. The van der Waals surface area contributed by atoms with E-state index in [0.29, 0.717) is 0 Å². The molecule has 0 aliphatic rings. The van der Waals surface area contributed by atoms with Gasteiger partial charge < -0.3 is 9.84 Å². The molecule has 0 bridgehead atoms. The minimum absolute atomic E-state index is 0.0593. The Labute approximate surface area is 71.4 Å². The molecular weight excluding hydrogens is 184 g/mol. The van der Waals surface area contributed by atoms with Crippen LogP contribution < -0.4 is 0 Å². The largest absolute Gasteiger partial charge is 0.365 e. The highest BCUT2D eigenvalue weighted by Crippen LogP contribution is 2.07. The van der Waals surface area contributed by atoms with Crippen LogP contribution in [0, 0.1) is 0 Å². The topological polar surface area (TPSA) is 83.8 Å². The fourth-order valence-electron chi connectivity index (χ4n) is 0.588.